The van der Waals surface area contributed by atoms with E-state index in [9.17, 15) is 4.79 Å². The first-order chi connectivity index (χ1) is 14.1. The van der Waals surface area contributed by atoms with Crippen LogP contribution in [0.3, 0.4) is 0 Å². The molecule has 1 N–H and O–H groups in total. The molecule has 0 unspecified atom stereocenters. The Labute approximate surface area is 168 Å². The lowest BCUT2D eigenvalue weighted by atomic mass is 10.2. The van der Waals surface area contributed by atoms with Gasteiger partial charge in [-0.25, -0.2) is 0 Å². The van der Waals surface area contributed by atoms with E-state index >= 15 is 0 Å². The Morgan fingerprint density at radius 2 is 1.90 bits per heavy atom. The molecule has 1 amide bonds. The predicted molar refractivity (Wildman–Crippen MR) is 105 cm³/mol. The van der Waals surface area contributed by atoms with Gasteiger partial charge in [0.15, 0.2) is 11.5 Å². The average Bonchev–Trinajstić information content (AvgIpc) is 3.08. The van der Waals surface area contributed by atoms with E-state index in [0.717, 1.165) is 22.8 Å². The van der Waals surface area contributed by atoms with Gasteiger partial charge in [0.2, 0.25) is 0 Å². The van der Waals surface area contributed by atoms with E-state index in [0.29, 0.717) is 36.8 Å². The first kappa shape index (κ1) is 18.9. The van der Waals surface area contributed by atoms with Crippen molar-refractivity contribution in [2.45, 2.75) is 26.6 Å². The Hall–Kier alpha value is -3.48. The van der Waals surface area contributed by atoms with Gasteiger partial charge < -0.3 is 24.1 Å². The molecule has 0 saturated carbocycles. The zero-order chi connectivity index (χ0) is 20.2. The molecular formula is C22H22N2O5. The van der Waals surface area contributed by atoms with E-state index in [4.69, 9.17) is 18.7 Å². The number of carbonyl (C=O) groups is 1. The van der Waals surface area contributed by atoms with E-state index in [1.165, 1.54) is 0 Å². The third-order valence-corrected chi connectivity index (χ3v) is 4.74. The van der Waals surface area contributed by atoms with Crippen LogP contribution in [-0.2, 0) is 6.61 Å². The summed E-state index contributed by atoms with van der Waals surface area (Å²) in [5, 5.41) is 6.79. The fourth-order valence-electron chi connectivity index (χ4n) is 3.04. The van der Waals surface area contributed by atoms with Crippen molar-refractivity contribution in [3.05, 3.63) is 71.1 Å². The summed E-state index contributed by atoms with van der Waals surface area (Å²) >= 11 is 0. The summed E-state index contributed by atoms with van der Waals surface area (Å²) in [5.41, 5.74) is 2.30. The van der Waals surface area contributed by atoms with Crippen LogP contribution in [-0.4, -0.2) is 30.3 Å². The van der Waals surface area contributed by atoms with Crippen molar-refractivity contribution in [1.29, 1.82) is 0 Å². The molecule has 1 aliphatic heterocycles. The van der Waals surface area contributed by atoms with Crippen LogP contribution in [0.15, 0.2) is 53.1 Å². The second-order valence-corrected chi connectivity index (χ2v) is 6.82. The molecule has 0 aliphatic carbocycles. The molecule has 1 aromatic heterocycles. The number of hydrogen-bond acceptors (Lipinski definition) is 6. The number of aryl methyl sites for hydroxylation is 2. The van der Waals surface area contributed by atoms with Gasteiger partial charge in [-0.05, 0) is 50.2 Å². The number of nitrogens with zero attached hydrogens (tertiary/aromatic N) is 1. The van der Waals surface area contributed by atoms with Crippen molar-refractivity contribution in [3.8, 4) is 17.2 Å². The van der Waals surface area contributed by atoms with Gasteiger partial charge in [-0.1, -0.05) is 17.3 Å². The minimum atomic E-state index is -0.230. The first-order valence-corrected chi connectivity index (χ1v) is 9.41. The van der Waals surface area contributed by atoms with Crippen LogP contribution in [0.25, 0.3) is 0 Å². The zero-order valence-corrected chi connectivity index (χ0v) is 16.3. The molecule has 2 aromatic carbocycles. The van der Waals surface area contributed by atoms with Crippen LogP contribution in [0, 0.1) is 13.8 Å². The molecule has 29 heavy (non-hydrogen) atoms. The van der Waals surface area contributed by atoms with Crippen molar-refractivity contribution in [2.75, 3.05) is 13.2 Å². The third-order valence-electron chi connectivity index (χ3n) is 4.74. The Balaban J connectivity index is 1.28. The Morgan fingerprint density at radius 1 is 1.14 bits per heavy atom. The number of ether oxygens (including phenoxy) is 3. The van der Waals surface area contributed by atoms with Crippen LogP contribution < -0.4 is 19.5 Å². The number of carbonyl (C=O) groups excluding carboxylic acids is 1. The summed E-state index contributed by atoms with van der Waals surface area (Å²) in [6, 6.07) is 14.5. The summed E-state index contributed by atoms with van der Waals surface area (Å²) in [6.45, 7) is 4.85. The molecule has 150 valence electrons. The van der Waals surface area contributed by atoms with Crippen molar-refractivity contribution in [3.63, 3.8) is 0 Å². The van der Waals surface area contributed by atoms with Crippen molar-refractivity contribution < 1.29 is 23.5 Å². The lowest BCUT2D eigenvalue weighted by molar-refractivity contribution is 0.0789. The molecule has 0 saturated heterocycles. The van der Waals surface area contributed by atoms with E-state index in [1.807, 2.05) is 38.1 Å². The van der Waals surface area contributed by atoms with Gasteiger partial charge in [-0.15, -0.1) is 0 Å². The highest BCUT2D eigenvalue weighted by atomic mass is 16.6. The predicted octanol–water partition coefficient (Wildman–Crippen LogP) is 3.44. The lowest BCUT2D eigenvalue weighted by Gasteiger charge is -2.26. The lowest BCUT2D eigenvalue weighted by Crippen LogP contribution is -2.40. The topological polar surface area (TPSA) is 82.8 Å². The molecular weight excluding hydrogens is 372 g/mol. The van der Waals surface area contributed by atoms with E-state index in [2.05, 4.69) is 10.5 Å². The van der Waals surface area contributed by atoms with Gasteiger partial charge in [0, 0.05) is 5.56 Å². The van der Waals surface area contributed by atoms with Gasteiger partial charge in [0.25, 0.3) is 5.91 Å². The van der Waals surface area contributed by atoms with Crippen LogP contribution in [0.5, 0.6) is 17.2 Å². The molecule has 0 radical (unpaired) electrons. The van der Waals surface area contributed by atoms with Gasteiger partial charge in [-0.2, -0.15) is 0 Å². The summed E-state index contributed by atoms with van der Waals surface area (Å²) < 4.78 is 22.4. The number of para-hydroxylation sites is 2. The van der Waals surface area contributed by atoms with E-state index in [-0.39, 0.29) is 12.0 Å². The van der Waals surface area contributed by atoms with Gasteiger partial charge in [0.05, 0.1) is 17.8 Å². The number of fused-ring (bicyclic) bond motifs is 1. The molecule has 0 spiro atoms. The van der Waals surface area contributed by atoms with Gasteiger partial charge in [0.1, 0.15) is 30.8 Å². The Morgan fingerprint density at radius 3 is 2.62 bits per heavy atom. The second-order valence-electron chi connectivity index (χ2n) is 6.82. The van der Waals surface area contributed by atoms with Crippen molar-refractivity contribution >= 4 is 5.91 Å². The first-order valence-electron chi connectivity index (χ1n) is 9.41. The van der Waals surface area contributed by atoms with Crippen molar-refractivity contribution in [2.24, 2.45) is 0 Å². The number of amides is 1. The highest BCUT2D eigenvalue weighted by Crippen LogP contribution is 2.30. The average molecular weight is 394 g/mol. The number of benzene rings is 2. The number of rotatable bonds is 6. The third kappa shape index (κ3) is 4.34. The largest absolute Gasteiger partial charge is 0.489 e. The van der Waals surface area contributed by atoms with Gasteiger partial charge >= 0.3 is 0 Å². The maximum atomic E-state index is 12.4. The van der Waals surface area contributed by atoms with Crippen molar-refractivity contribution in [1.82, 2.24) is 10.5 Å². The van der Waals surface area contributed by atoms with Crippen LogP contribution in [0.1, 0.15) is 27.4 Å². The smallest absolute Gasteiger partial charge is 0.251 e. The van der Waals surface area contributed by atoms with E-state index < -0.39 is 0 Å². The normalized spacial score (nSPS) is 15.0. The fourth-order valence-corrected chi connectivity index (χ4v) is 3.04. The molecule has 7 heteroatoms. The number of aromatic nitrogens is 1. The van der Waals surface area contributed by atoms with Crippen LogP contribution in [0.4, 0.5) is 0 Å². The molecule has 0 bridgehead atoms. The summed E-state index contributed by atoms with van der Waals surface area (Å²) in [7, 11) is 0. The summed E-state index contributed by atoms with van der Waals surface area (Å²) in [6.07, 6.45) is -0.230. The maximum Gasteiger partial charge on any atom is 0.251 e. The van der Waals surface area contributed by atoms with Gasteiger partial charge in [-0.3, -0.25) is 4.79 Å². The highest BCUT2D eigenvalue weighted by Gasteiger charge is 2.21. The Kier molecular flexibility index (Phi) is 5.37. The molecule has 7 nitrogen and oxygen atoms in total. The highest BCUT2D eigenvalue weighted by molar-refractivity contribution is 5.94. The van der Waals surface area contributed by atoms with Crippen LogP contribution in [0.2, 0.25) is 0 Å². The number of hydrogen-bond donors (Lipinski definition) is 1. The molecule has 2 heterocycles. The standard InChI is InChI=1S/C22H22N2O5/c1-14-19(15(2)29-24-14)13-26-17-9-7-16(8-10-17)22(25)23-11-18-12-27-20-5-3-4-6-21(20)28-18/h3-10,18H,11-13H2,1-2H3,(H,23,25)/t18-/m0/s1. The quantitative estimate of drug-likeness (QED) is 0.690. The monoisotopic (exact) mass is 394 g/mol. The summed E-state index contributed by atoms with van der Waals surface area (Å²) in [5.74, 6) is 2.65. The SMILES string of the molecule is Cc1noc(C)c1COc1ccc(C(=O)NC[C@H]2COc3ccccc3O2)cc1. The molecule has 1 atom stereocenters. The maximum absolute atomic E-state index is 12.4. The second kappa shape index (κ2) is 8.26. The van der Waals surface area contributed by atoms with E-state index in [1.54, 1.807) is 24.3 Å². The molecule has 4 rings (SSSR count). The minimum absolute atomic E-state index is 0.176. The zero-order valence-electron chi connectivity index (χ0n) is 16.3. The fraction of sp³-hybridized carbons (Fsp3) is 0.273. The Bertz CT molecular complexity index is 977. The minimum Gasteiger partial charge on any atom is -0.489 e. The number of nitrogens with one attached hydrogen (secondary N) is 1. The molecule has 0 fully saturated rings. The van der Waals surface area contributed by atoms with Crippen LogP contribution >= 0.6 is 0 Å². The molecule has 3 aromatic rings. The molecule has 1 aliphatic rings. The summed E-state index contributed by atoms with van der Waals surface area (Å²) in [4.78, 5) is 12.4.